The molecule has 1 aromatic carbocycles. The molecule has 0 unspecified atom stereocenters. The second-order valence-electron chi connectivity index (χ2n) is 2.97. The van der Waals surface area contributed by atoms with Gasteiger partial charge in [0.1, 0.15) is 0 Å². The van der Waals surface area contributed by atoms with E-state index in [4.69, 9.17) is 5.73 Å². The van der Waals surface area contributed by atoms with Gasteiger partial charge in [-0.2, -0.15) is 0 Å². The Bertz CT molecular complexity index is 534. The molecule has 2 rings (SSSR count). The first kappa shape index (κ1) is 10.5. The lowest BCUT2D eigenvalue weighted by atomic mass is 10.3. The maximum atomic E-state index is 13.1. The van der Waals surface area contributed by atoms with Gasteiger partial charge >= 0.3 is 6.36 Å². The lowest BCUT2D eigenvalue weighted by Gasteiger charge is -2.09. The van der Waals surface area contributed by atoms with E-state index in [0.29, 0.717) is 0 Å². The van der Waals surface area contributed by atoms with E-state index in [0.717, 1.165) is 12.1 Å². The van der Waals surface area contributed by atoms with Crippen LogP contribution in [-0.4, -0.2) is 16.3 Å². The van der Waals surface area contributed by atoms with Crippen LogP contribution in [0.2, 0.25) is 0 Å². The largest absolute Gasteiger partial charge is 0.573 e. The molecule has 0 radical (unpaired) electrons. The number of nitrogens with one attached hydrogen (secondary N) is 1. The van der Waals surface area contributed by atoms with E-state index in [-0.39, 0.29) is 17.0 Å². The van der Waals surface area contributed by atoms with Crippen LogP contribution >= 0.6 is 0 Å². The maximum Gasteiger partial charge on any atom is 0.573 e. The molecule has 0 aliphatic rings. The molecule has 1 aromatic heterocycles. The molecule has 0 fully saturated rings. The standard InChI is InChI=1S/C8H5F4N3O/c9-3-1-4-5(15-7(13)14-4)2-6(3)16-8(10,11)12/h1-2H,(H3,13,14,15). The lowest BCUT2D eigenvalue weighted by Crippen LogP contribution is -2.17. The molecule has 0 saturated carbocycles. The second-order valence-corrected chi connectivity index (χ2v) is 2.97. The van der Waals surface area contributed by atoms with Gasteiger partial charge in [0.15, 0.2) is 17.5 Å². The average molecular weight is 235 g/mol. The van der Waals surface area contributed by atoms with E-state index >= 15 is 0 Å². The van der Waals surface area contributed by atoms with Gasteiger partial charge < -0.3 is 15.5 Å². The predicted molar refractivity (Wildman–Crippen MR) is 47.1 cm³/mol. The molecule has 0 amide bonds. The smallest absolute Gasteiger partial charge is 0.403 e. The topological polar surface area (TPSA) is 63.9 Å². The van der Waals surface area contributed by atoms with Gasteiger partial charge in [-0.05, 0) is 0 Å². The zero-order valence-corrected chi connectivity index (χ0v) is 7.60. The molecule has 0 spiro atoms. The van der Waals surface area contributed by atoms with Gasteiger partial charge in [-0.3, -0.25) is 0 Å². The van der Waals surface area contributed by atoms with E-state index in [9.17, 15) is 17.6 Å². The summed E-state index contributed by atoms with van der Waals surface area (Å²) in [5.41, 5.74) is 5.56. The minimum Gasteiger partial charge on any atom is -0.403 e. The summed E-state index contributed by atoms with van der Waals surface area (Å²) in [5.74, 6) is -2.10. The Morgan fingerprint density at radius 1 is 1.31 bits per heavy atom. The molecule has 0 atom stereocenters. The summed E-state index contributed by atoms with van der Waals surface area (Å²) in [6.07, 6.45) is -4.95. The summed E-state index contributed by atoms with van der Waals surface area (Å²) >= 11 is 0. The molecule has 0 aliphatic heterocycles. The van der Waals surface area contributed by atoms with Gasteiger partial charge in [-0.15, -0.1) is 13.2 Å². The summed E-state index contributed by atoms with van der Waals surface area (Å²) in [4.78, 5) is 6.13. The number of aromatic amines is 1. The number of H-pyrrole nitrogens is 1. The van der Waals surface area contributed by atoms with Gasteiger partial charge in [-0.1, -0.05) is 0 Å². The van der Waals surface area contributed by atoms with Crippen molar-refractivity contribution in [2.45, 2.75) is 6.36 Å². The van der Waals surface area contributed by atoms with Crippen LogP contribution in [-0.2, 0) is 0 Å². The Kier molecular flexibility index (Phi) is 2.14. The van der Waals surface area contributed by atoms with Crippen molar-refractivity contribution in [1.82, 2.24) is 9.97 Å². The number of nitrogens with two attached hydrogens (primary N) is 1. The van der Waals surface area contributed by atoms with Crippen LogP contribution in [0.4, 0.5) is 23.5 Å². The highest BCUT2D eigenvalue weighted by molar-refractivity contribution is 5.78. The normalized spacial score (nSPS) is 12.0. The van der Waals surface area contributed by atoms with Crippen LogP contribution < -0.4 is 10.5 Å². The average Bonchev–Trinajstić information content (AvgIpc) is 2.42. The fraction of sp³-hybridized carbons (Fsp3) is 0.125. The van der Waals surface area contributed by atoms with Crippen molar-refractivity contribution in [3.63, 3.8) is 0 Å². The zero-order valence-electron chi connectivity index (χ0n) is 7.60. The van der Waals surface area contributed by atoms with Gasteiger partial charge in [-0.25, -0.2) is 9.37 Å². The third kappa shape index (κ3) is 2.00. The number of alkyl halides is 3. The number of fused-ring (bicyclic) bond motifs is 1. The highest BCUT2D eigenvalue weighted by atomic mass is 19.4. The van der Waals surface area contributed by atoms with Crippen LogP contribution in [0.25, 0.3) is 11.0 Å². The number of benzene rings is 1. The highest BCUT2D eigenvalue weighted by Crippen LogP contribution is 2.28. The fourth-order valence-electron chi connectivity index (χ4n) is 1.23. The number of hydrogen-bond acceptors (Lipinski definition) is 3. The predicted octanol–water partition coefficient (Wildman–Crippen LogP) is 2.18. The Morgan fingerprint density at radius 2 is 2.00 bits per heavy atom. The monoisotopic (exact) mass is 235 g/mol. The minimum absolute atomic E-state index is 0.0152. The molecule has 3 N–H and O–H groups in total. The highest BCUT2D eigenvalue weighted by Gasteiger charge is 2.32. The number of aromatic nitrogens is 2. The summed E-state index contributed by atoms with van der Waals surface area (Å²) in [6.45, 7) is 0. The molecular weight excluding hydrogens is 230 g/mol. The van der Waals surface area contributed by atoms with E-state index in [1.807, 2.05) is 0 Å². The number of nitrogen functional groups attached to an aromatic ring is 1. The Labute approximate surface area is 86.0 Å². The molecule has 0 saturated heterocycles. The van der Waals surface area contributed by atoms with E-state index in [1.165, 1.54) is 0 Å². The number of anilines is 1. The van der Waals surface area contributed by atoms with Crippen LogP contribution in [0.15, 0.2) is 12.1 Å². The van der Waals surface area contributed by atoms with Crippen molar-refractivity contribution in [3.8, 4) is 5.75 Å². The third-order valence-electron chi connectivity index (χ3n) is 1.78. The maximum absolute atomic E-state index is 13.1. The van der Waals surface area contributed by atoms with Crippen LogP contribution in [0.5, 0.6) is 5.75 Å². The Hall–Kier alpha value is -1.99. The first-order valence-electron chi connectivity index (χ1n) is 4.05. The van der Waals surface area contributed by atoms with Crippen molar-refractivity contribution < 1.29 is 22.3 Å². The second kappa shape index (κ2) is 3.26. The lowest BCUT2D eigenvalue weighted by molar-refractivity contribution is -0.275. The van der Waals surface area contributed by atoms with Crippen molar-refractivity contribution >= 4 is 17.0 Å². The SMILES string of the molecule is Nc1nc2cc(OC(F)(F)F)c(F)cc2[nH]1. The number of halogens is 4. The van der Waals surface area contributed by atoms with Gasteiger partial charge in [0, 0.05) is 12.1 Å². The van der Waals surface area contributed by atoms with E-state index < -0.39 is 17.9 Å². The van der Waals surface area contributed by atoms with Crippen molar-refractivity contribution in [1.29, 1.82) is 0 Å². The van der Waals surface area contributed by atoms with Crippen LogP contribution in [0, 0.1) is 5.82 Å². The molecule has 16 heavy (non-hydrogen) atoms. The summed E-state index contributed by atoms with van der Waals surface area (Å²) in [7, 11) is 0. The van der Waals surface area contributed by atoms with Crippen LogP contribution in [0.3, 0.4) is 0 Å². The molecule has 2 aromatic rings. The van der Waals surface area contributed by atoms with E-state index in [1.54, 1.807) is 0 Å². The molecule has 1 heterocycles. The first-order valence-corrected chi connectivity index (χ1v) is 4.05. The number of rotatable bonds is 1. The Morgan fingerprint density at radius 3 is 2.62 bits per heavy atom. The molecule has 8 heteroatoms. The summed E-state index contributed by atoms with van der Waals surface area (Å²) in [6, 6.07) is 1.66. The Balaban J connectivity index is 2.49. The molecule has 86 valence electrons. The van der Waals surface area contributed by atoms with Gasteiger partial charge in [0.2, 0.25) is 0 Å². The summed E-state index contributed by atoms with van der Waals surface area (Å²) < 4.78 is 52.3. The third-order valence-corrected chi connectivity index (χ3v) is 1.78. The first-order chi connectivity index (χ1) is 7.35. The molecule has 4 nitrogen and oxygen atoms in total. The molecule has 0 bridgehead atoms. The summed E-state index contributed by atoms with van der Waals surface area (Å²) in [5, 5.41) is 0. The van der Waals surface area contributed by atoms with Crippen molar-refractivity contribution in [3.05, 3.63) is 17.9 Å². The number of ether oxygens (including phenoxy) is 1. The van der Waals surface area contributed by atoms with Gasteiger partial charge in [0.05, 0.1) is 11.0 Å². The quantitative estimate of drug-likeness (QED) is 0.744. The molecule has 0 aliphatic carbocycles. The van der Waals surface area contributed by atoms with Gasteiger partial charge in [0.25, 0.3) is 0 Å². The number of imidazole rings is 1. The zero-order chi connectivity index (χ0) is 11.9. The molecular formula is C8H5F4N3O. The minimum atomic E-state index is -4.95. The van der Waals surface area contributed by atoms with Crippen molar-refractivity contribution in [2.75, 3.05) is 5.73 Å². The van der Waals surface area contributed by atoms with Crippen molar-refractivity contribution in [2.24, 2.45) is 0 Å². The van der Waals surface area contributed by atoms with E-state index in [2.05, 4.69) is 14.7 Å². The number of hydrogen-bond donors (Lipinski definition) is 2. The van der Waals surface area contributed by atoms with Crippen LogP contribution in [0.1, 0.15) is 0 Å². The fourth-order valence-corrected chi connectivity index (χ4v) is 1.23. The number of nitrogens with zero attached hydrogens (tertiary/aromatic N) is 1.